The molecule has 2 heterocycles. The van der Waals surface area contributed by atoms with Gasteiger partial charge in [-0.05, 0) is 85.6 Å². The molecule has 2 aromatic heterocycles. The quantitative estimate of drug-likeness (QED) is 0.144. The standard InChI is InChI=1S/C59H39N3/c1-4-14-40(15-5-1)48-21-12-23-50(36-48)56-39-57(51-24-13-22-49(37-51)41-16-6-2-7-17-41)62-59(61-56)47-32-28-43(29-33-47)42-26-30-45(31-27-42)53-38-55(46-19-8-3-9-20-46)60-54-35-34-44-18-10-11-25-52(44)58(53)54/h1-39H. The van der Waals surface area contributed by atoms with E-state index in [0.717, 1.165) is 72.7 Å². The predicted octanol–water partition coefficient (Wildman–Crippen LogP) is 15.5. The lowest BCUT2D eigenvalue weighted by atomic mass is 9.93. The maximum atomic E-state index is 5.22. The van der Waals surface area contributed by atoms with Gasteiger partial charge in [-0.2, -0.15) is 0 Å². The van der Waals surface area contributed by atoms with Crippen LogP contribution >= 0.6 is 0 Å². The lowest BCUT2D eigenvalue weighted by Crippen LogP contribution is -1.96. The Hall–Kier alpha value is -8.27. The van der Waals surface area contributed by atoms with Crippen molar-refractivity contribution >= 4 is 21.7 Å². The Morgan fingerprint density at radius 1 is 0.242 bits per heavy atom. The van der Waals surface area contributed by atoms with Crippen LogP contribution in [0.15, 0.2) is 237 Å². The molecular formula is C59H39N3. The van der Waals surface area contributed by atoms with E-state index in [-0.39, 0.29) is 0 Å². The molecule has 0 bridgehead atoms. The zero-order valence-corrected chi connectivity index (χ0v) is 33.9. The van der Waals surface area contributed by atoms with E-state index >= 15 is 0 Å². The summed E-state index contributed by atoms with van der Waals surface area (Å²) in [6.45, 7) is 0. The van der Waals surface area contributed by atoms with Gasteiger partial charge >= 0.3 is 0 Å². The van der Waals surface area contributed by atoms with Crippen molar-refractivity contribution in [3.05, 3.63) is 237 Å². The molecule has 0 fully saturated rings. The third kappa shape index (κ3) is 7.23. The van der Waals surface area contributed by atoms with Crippen LogP contribution in [0.5, 0.6) is 0 Å². The number of nitrogens with zero attached hydrogens (tertiary/aromatic N) is 3. The van der Waals surface area contributed by atoms with Gasteiger partial charge in [-0.3, -0.25) is 0 Å². The van der Waals surface area contributed by atoms with E-state index in [1.54, 1.807) is 0 Å². The molecule has 11 rings (SSSR count). The number of aromatic nitrogens is 3. The summed E-state index contributed by atoms with van der Waals surface area (Å²) in [5.41, 5.74) is 17.0. The molecule has 0 amide bonds. The number of pyridine rings is 1. The lowest BCUT2D eigenvalue weighted by Gasteiger charge is -2.14. The van der Waals surface area contributed by atoms with E-state index in [1.165, 1.54) is 32.8 Å². The van der Waals surface area contributed by atoms with Crippen LogP contribution in [0, 0.1) is 0 Å². The summed E-state index contributed by atoms with van der Waals surface area (Å²) in [4.78, 5) is 15.6. The van der Waals surface area contributed by atoms with Gasteiger partial charge < -0.3 is 0 Å². The predicted molar refractivity (Wildman–Crippen MR) is 258 cm³/mol. The summed E-state index contributed by atoms with van der Waals surface area (Å²) >= 11 is 0. The smallest absolute Gasteiger partial charge is 0.160 e. The highest BCUT2D eigenvalue weighted by Gasteiger charge is 2.15. The van der Waals surface area contributed by atoms with Crippen LogP contribution in [-0.2, 0) is 0 Å². The summed E-state index contributed by atoms with van der Waals surface area (Å²) in [6, 6.07) is 83.4. The number of rotatable bonds is 8. The molecule has 3 nitrogen and oxygen atoms in total. The Labute approximate surface area is 361 Å². The van der Waals surface area contributed by atoms with Crippen molar-refractivity contribution in [3.8, 4) is 89.7 Å². The van der Waals surface area contributed by atoms with Gasteiger partial charge in [-0.1, -0.05) is 206 Å². The number of fused-ring (bicyclic) bond motifs is 3. The molecule has 11 aromatic rings. The van der Waals surface area contributed by atoms with Gasteiger partial charge in [0.15, 0.2) is 5.82 Å². The van der Waals surface area contributed by atoms with Crippen LogP contribution in [0.2, 0.25) is 0 Å². The Balaban J connectivity index is 0.965. The highest BCUT2D eigenvalue weighted by Crippen LogP contribution is 2.38. The maximum absolute atomic E-state index is 5.22. The van der Waals surface area contributed by atoms with Gasteiger partial charge in [0.05, 0.1) is 22.6 Å². The molecule has 0 saturated heterocycles. The zero-order chi connectivity index (χ0) is 41.2. The molecule has 290 valence electrons. The van der Waals surface area contributed by atoms with Crippen molar-refractivity contribution in [2.24, 2.45) is 0 Å². The van der Waals surface area contributed by atoms with E-state index in [4.69, 9.17) is 15.0 Å². The largest absolute Gasteiger partial charge is 0.248 e. The van der Waals surface area contributed by atoms with Crippen molar-refractivity contribution in [2.75, 3.05) is 0 Å². The highest BCUT2D eigenvalue weighted by atomic mass is 14.9. The van der Waals surface area contributed by atoms with Crippen molar-refractivity contribution in [3.63, 3.8) is 0 Å². The average Bonchev–Trinajstić information content (AvgIpc) is 3.37. The SMILES string of the molecule is c1ccc(-c2cccc(-c3cc(-c4cccc(-c5ccccc5)c4)nc(-c4ccc(-c5ccc(-c6cc(-c7ccccc7)nc7ccc8ccccc8c67)cc5)cc4)n3)c2)cc1. The van der Waals surface area contributed by atoms with Crippen LogP contribution in [0.25, 0.3) is 111 Å². The van der Waals surface area contributed by atoms with Crippen LogP contribution in [0.4, 0.5) is 0 Å². The van der Waals surface area contributed by atoms with E-state index in [0.29, 0.717) is 5.82 Å². The maximum Gasteiger partial charge on any atom is 0.160 e. The fourth-order valence-electron chi connectivity index (χ4n) is 8.50. The third-order valence-electron chi connectivity index (χ3n) is 11.7. The first-order chi connectivity index (χ1) is 30.7. The Morgan fingerprint density at radius 2 is 0.677 bits per heavy atom. The molecule has 0 N–H and O–H groups in total. The van der Waals surface area contributed by atoms with Crippen LogP contribution < -0.4 is 0 Å². The molecule has 0 saturated carbocycles. The molecular weight excluding hydrogens is 751 g/mol. The number of benzene rings is 9. The molecule has 0 spiro atoms. The van der Waals surface area contributed by atoms with Crippen molar-refractivity contribution in [1.29, 1.82) is 0 Å². The summed E-state index contributed by atoms with van der Waals surface area (Å²) < 4.78 is 0. The van der Waals surface area contributed by atoms with Crippen molar-refractivity contribution < 1.29 is 0 Å². The van der Waals surface area contributed by atoms with Gasteiger partial charge in [-0.15, -0.1) is 0 Å². The molecule has 0 aliphatic heterocycles. The fourth-order valence-corrected chi connectivity index (χ4v) is 8.50. The Kier molecular flexibility index (Phi) is 9.53. The Morgan fingerprint density at radius 3 is 1.26 bits per heavy atom. The van der Waals surface area contributed by atoms with Gasteiger partial charge in [0, 0.05) is 27.6 Å². The summed E-state index contributed by atoms with van der Waals surface area (Å²) in [7, 11) is 0. The molecule has 0 unspecified atom stereocenters. The first-order valence-electron chi connectivity index (χ1n) is 21.0. The minimum Gasteiger partial charge on any atom is -0.248 e. The van der Waals surface area contributed by atoms with Gasteiger partial charge in [-0.25, -0.2) is 15.0 Å². The lowest BCUT2D eigenvalue weighted by molar-refractivity contribution is 1.18. The molecule has 0 atom stereocenters. The average molecular weight is 790 g/mol. The molecule has 0 aliphatic carbocycles. The molecule has 3 heteroatoms. The Bertz CT molecular complexity index is 3260. The highest BCUT2D eigenvalue weighted by molar-refractivity contribution is 6.13. The molecule has 0 aliphatic rings. The summed E-state index contributed by atoms with van der Waals surface area (Å²) in [6.07, 6.45) is 0. The van der Waals surface area contributed by atoms with E-state index in [1.807, 2.05) is 18.2 Å². The first-order valence-corrected chi connectivity index (χ1v) is 21.0. The second-order valence-corrected chi connectivity index (χ2v) is 15.6. The molecule has 9 aromatic carbocycles. The second kappa shape index (κ2) is 16.1. The van der Waals surface area contributed by atoms with Gasteiger partial charge in [0.1, 0.15) is 0 Å². The third-order valence-corrected chi connectivity index (χ3v) is 11.7. The van der Waals surface area contributed by atoms with Gasteiger partial charge in [0.2, 0.25) is 0 Å². The zero-order valence-electron chi connectivity index (χ0n) is 33.9. The minimum atomic E-state index is 0.681. The number of hydrogen-bond acceptors (Lipinski definition) is 3. The van der Waals surface area contributed by atoms with E-state index in [2.05, 4.69) is 218 Å². The second-order valence-electron chi connectivity index (χ2n) is 15.6. The normalized spacial score (nSPS) is 11.2. The minimum absolute atomic E-state index is 0.681. The first kappa shape index (κ1) is 36.8. The molecule has 0 radical (unpaired) electrons. The van der Waals surface area contributed by atoms with Gasteiger partial charge in [0.25, 0.3) is 0 Å². The van der Waals surface area contributed by atoms with Crippen LogP contribution in [0.1, 0.15) is 0 Å². The number of hydrogen-bond donors (Lipinski definition) is 0. The van der Waals surface area contributed by atoms with Crippen molar-refractivity contribution in [1.82, 2.24) is 15.0 Å². The monoisotopic (exact) mass is 789 g/mol. The van der Waals surface area contributed by atoms with Crippen LogP contribution in [0.3, 0.4) is 0 Å². The fraction of sp³-hybridized carbons (Fsp3) is 0. The van der Waals surface area contributed by atoms with Crippen LogP contribution in [-0.4, -0.2) is 15.0 Å². The van der Waals surface area contributed by atoms with Crippen molar-refractivity contribution in [2.45, 2.75) is 0 Å². The van der Waals surface area contributed by atoms with E-state index in [9.17, 15) is 0 Å². The topological polar surface area (TPSA) is 38.7 Å². The summed E-state index contributed by atoms with van der Waals surface area (Å²) in [5.74, 6) is 0.681. The van der Waals surface area contributed by atoms with E-state index < -0.39 is 0 Å². The molecule has 62 heavy (non-hydrogen) atoms. The summed E-state index contributed by atoms with van der Waals surface area (Å²) in [5, 5.41) is 3.57.